The van der Waals surface area contributed by atoms with E-state index in [1.54, 1.807) is 12.3 Å². The van der Waals surface area contributed by atoms with Crippen molar-refractivity contribution in [2.24, 2.45) is 0 Å². The van der Waals surface area contributed by atoms with Crippen molar-refractivity contribution < 1.29 is 14.7 Å². The van der Waals surface area contributed by atoms with Crippen LogP contribution in [-0.4, -0.2) is 22.0 Å². The van der Waals surface area contributed by atoms with Crippen molar-refractivity contribution >= 4 is 11.9 Å². The second-order valence-electron chi connectivity index (χ2n) is 4.26. The largest absolute Gasteiger partial charge is 0.477 e. The molecule has 0 aromatic carbocycles. The van der Waals surface area contributed by atoms with E-state index < -0.39 is 5.97 Å². The van der Waals surface area contributed by atoms with Gasteiger partial charge in [0.2, 0.25) is 5.91 Å². The minimum atomic E-state index is -1.13. The summed E-state index contributed by atoms with van der Waals surface area (Å²) in [6.45, 7) is 1.29. The maximum absolute atomic E-state index is 11.0. The molecule has 2 rings (SSSR count). The molecule has 1 aliphatic carbocycles. The van der Waals surface area contributed by atoms with Gasteiger partial charge >= 0.3 is 5.97 Å². The number of nitrogens with zero attached hydrogens (tertiary/aromatic N) is 1. The molecule has 1 amide bonds. The summed E-state index contributed by atoms with van der Waals surface area (Å²) < 4.78 is 0. The average molecular weight is 246 g/mol. The molecule has 1 aromatic rings. The van der Waals surface area contributed by atoms with Gasteiger partial charge in [-0.25, -0.2) is 4.79 Å². The number of hydrogen-bond acceptors (Lipinski definition) is 3. The number of hydrogen-bond donors (Lipinski definition) is 2. The van der Waals surface area contributed by atoms with Crippen LogP contribution >= 0.6 is 0 Å². The molecule has 0 saturated carbocycles. The van der Waals surface area contributed by atoms with E-state index >= 15 is 0 Å². The Balaban J connectivity index is 2.27. The first-order valence-electron chi connectivity index (χ1n) is 5.74. The molecule has 0 radical (unpaired) electrons. The fourth-order valence-electron chi connectivity index (χ4n) is 2.16. The Morgan fingerprint density at radius 1 is 1.56 bits per heavy atom. The number of carboxylic acid groups (broad SMARTS) is 1. The van der Waals surface area contributed by atoms with Gasteiger partial charge in [0, 0.05) is 19.0 Å². The summed E-state index contributed by atoms with van der Waals surface area (Å²) in [7, 11) is 0. The molecule has 2 N–H and O–H groups in total. The standard InChI is InChI=1S/C13H14N2O3/c1-8(16)15-11(13(17)18)7-10-5-4-9-3-2-6-14-12(9)10/h2-3,6-7,10H,4-5H2,1H3,(H,15,16)(H,17,18)/b11-7+. The number of aliphatic carboxylic acids is 1. The van der Waals surface area contributed by atoms with E-state index in [2.05, 4.69) is 10.3 Å². The van der Waals surface area contributed by atoms with E-state index in [9.17, 15) is 9.59 Å². The molecule has 0 bridgehead atoms. The lowest BCUT2D eigenvalue weighted by Crippen LogP contribution is -2.25. The predicted octanol–water partition coefficient (Wildman–Crippen LogP) is 1.22. The number of allylic oxidation sites excluding steroid dienone is 1. The molecule has 1 aliphatic rings. The highest BCUT2D eigenvalue weighted by atomic mass is 16.4. The number of carbonyl (C=O) groups excluding carboxylic acids is 1. The third-order valence-electron chi connectivity index (χ3n) is 2.91. The summed E-state index contributed by atoms with van der Waals surface area (Å²) in [5, 5.41) is 11.4. The lowest BCUT2D eigenvalue weighted by molar-refractivity contribution is -0.134. The Bertz CT molecular complexity index is 523. The molecule has 5 heteroatoms. The van der Waals surface area contributed by atoms with Crippen molar-refractivity contribution in [3.63, 3.8) is 0 Å². The van der Waals surface area contributed by atoms with Gasteiger partial charge < -0.3 is 10.4 Å². The zero-order valence-corrected chi connectivity index (χ0v) is 10.0. The molecule has 18 heavy (non-hydrogen) atoms. The van der Waals surface area contributed by atoms with Crippen molar-refractivity contribution in [3.8, 4) is 0 Å². The topological polar surface area (TPSA) is 79.3 Å². The second kappa shape index (κ2) is 5.00. The molecular weight excluding hydrogens is 232 g/mol. The van der Waals surface area contributed by atoms with Crippen LogP contribution in [0.2, 0.25) is 0 Å². The summed E-state index contributed by atoms with van der Waals surface area (Å²) in [5.74, 6) is -1.56. The molecular formula is C13H14N2O3. The number of carbonyl (C=O) groups is 2. The van der Waals surface area contributed by atoms with Crippen LogP contribution in [0.5, 0.6) is 0 Å². The number of pyridine rings is 1. The van der Waals surface area contributed by atoms with Gasteiger partial charge in [0.25, 0.3) is 0 Å². The van der Waals surface area contributed by atoms with Gasteiger partial charge in [-0.3, -0.25) is 9.78 Å². The third-order valence-corrected chi connectivity index (χ3v) is 2.91. The summed E-state index contributed by atoms with van der Waals surface area (Å²) in [6.07, 6.45) is 4.98. The Labute approximate surface area is 105 Å². The van der Waals surface area contributed by atoms with Crippen LogP contribution in [0.4, 0.5) is 0 Å². The zero-order chi connectivity index (χ0) is 13.1. The number of amides is 1. The van der Waals surface area contributed by atoms with E-state index in [4.69, 9.17) is 5.11 Å². The summed E-state index contributed by atoms with van der Waals surface area (Å²) in [4.78, 5) is 26.3. The highest BCUT2D eigenvalue weighted by molar-refractivity contribution is 5.92. The smallest absolute Gasteiger partial charge is 0.352 e. The van der Waals surface area contributed by atoms with E-state index in [0.717, 1.165) is 24.1 Å². The van der Waals surface area contributed by atoms with Gasteiger partial charge in [0.05, 0.1) is 5.69 Å². The molecule has 0 fully saturated rings. The number of rotatable bonds is 3. The second-order valence-corrected chi connectivity index (χ2v) is 4.26. The molecule has 1 heterocycles. The molecule has 0 spiro atoms. The lowest BCUT2D eigenvalue weighted by Gasteiger charge is -2.08. The first-order chi connectivity index (χ1) is 8.58. The lowest BCUT2D eigenvalue weighted by atomic mass is 10.1. The number of fused-ring (bicyclic) bond motifs is 1. The molecule has 0 saturated heterocycles. The van der Waals surface area contributed by atoms with Crippen LogP contribution in [0.15, 0.2) is 30.1 Å². The van der Waals surface area contributed by atoms with Gasteiger partial charge in [0.1, 0.15) is 5.70 Å². The Morgan fingerprint density at radius 3 is 3.00 bits per heavy atom. The number of nitrogens with one attached hydrogen (secondary N) is 1. The molecule has 5 nitrogen and oxygen atoms in total. The van der Waals surface area contributed by atoms with Gasteiger partial charge in [0.15, 0.2) is 0 Å². The first-order valence-corrected chi connectivity index (χ1v) is 5.74. The predicted molar refractivity (Wildman–Crippen MR) is 64.8 cm³/mol. The van der Waals surface area contributed by atoms with Gasteiger partial charge in [-0.1, -0.05) is 6.07 Å². The summed E-state index contributed by atoms with van der Waals surface area (Å²) in [5.41, 5.74) is 1.97. The highest BCUT2D eigenvalue weighted by Crippen LogP contribution is 2.32. The fraction of sp³-hybridized carbons (Fsp3) is 0.308. The summed E-state index contributed by atoms with van der Waals surface area (Å²) >= 11 is 0. The van der Waals surface area contributed by atoms with Crippen molar-refractivity contribution in [1.29, 1.82) is 0 Å². The highest BCUT2D eigenvalue weighted by Gasteiger charge is 2.23. The molecule has 1 atom stereocenters. The monoisotopic (exact) mass is 246 g/mol. The Hall–Kier alpha value is -2.17. The van der Waals surface area contributed by atoms with Crippen molar-refractivity contribution in [1.82, 2.24) is 10.3 Å². The molecule has 1 aromatic heterocycles. The minimum Gasteiger partial charge on any atom is -0.477 e. The molecule has 1 unspecified atom stereocenters. The van der Waals surface area contributed by atoms with E-state index in [1.165, 1.54) is 6.92 Å². The molecule has 94 valence electrons. The maximum Gasteiger partial charge on any atom is 0.352 e. The summed E-state index contributed by atoms with van der Waals surface area (Å²) in [6, 6.07) is 3.87. The number of aromatic nitrogens is 1. The van der Waals surface area contributed by atoms with Crippen LogP contribution in [0.25, 0.3) is 0 Å². The number of aryl methyl sites for hydroxylation is 1. The quantitative estimate of drug-likeness (QED) is 0.786. The SMILES string of the molecule is CC(=O)N/C(=C/C1CCc2cccnc21)C(=O)O. The average Bonchev–Trinajstić information content (AvgIpc) is 2.71. The van der Waals surface area contributed by atoms with Crippen molar-refractivity contribution in [2.45, 2.75) is 25.7 Å². The van der Waals surface area contributed by atoms with Crippen LogP contribution in [-0.2, 0) is 16.0 Å². The van der Waals surface area contributed by atoms with Crippen LogP contribution in [0, 0.1) is 0 Å². The van der Waals surface area contributed by atoms with Gasteiger partial charge in [-0.15, -0.1) is 0 Å². The Morgan fingerprint density at radius 2 is 2.33 bits per heavy atom. The van der Waals surface area contributed by atoms with Gasteiger partial charge in [-0.2, -0.15) is 0 Å². The van der Waals surface area contributed by atoms with Crippen LogP contribution in [0.3, 0.4) is 0 Å². The van der Waals surface area contributed by atoms with E-state index in [0.29, 0.717) is 0 Å². The van der Waals surface area contributed by atoms with Gasteiger partial charge in [-0.05, 0) is 30.5 Å². The van der Waals surface area contributed by atoms with E-state index in [1.807, 2.05) is 12.1 Å². The van der Waals surface area contributed by atoms with Crippen molar-refractivity contribution in [3.05, 3.63) is 41.4 Å². The van der Waals surface area contributed by atoms with Crippen LogP contribution < -0.4 is 5.32 Å². The van der Waals surface area contributed by atoms with E-state index in [-0.39, 0.29) is 17.5 Å². The Kier molecular flexibility index (Phi) is 3.41. The zero-order valence-electron chi connectivity index (χ0n) is 10.0. The third kappa shape index (κ3) is 2.56. The molecule has 0 aliphatic heterocycles. The maximum atomic E-state index is 11.0. The van der Waals surface area contributed by atoms with Crippen LogP contribution in [0.1, 0.15) is 30.5 Å². The van der Waals surface area contributed by atoms with Crippen molar-refractivity contribution in [2.75, 3.05) is 0 Å². The fourth-order valence-corrected chi connectivity index (χ4v) is 2.16. The first kappa shape index (κ1) is 12.3. The normalized spacial score (nSPS) is 18.3. The number of carboxylic acids is 1. The minimum absolute atomic E-state index is 0.0425.